The van der Waals surface area contributed by atoms with Crippen molar-refractivity contribution in [2.24, 2.45) is 0 Å². The van der Waals surface area contributed by atoms with E-state index in [1.54, 1.807) is 11.3 Å². The highest BCUT2D eigenvalue weighted by Crippen LogP contribution is 2.34. The second-order valence-corrected chi connectivity index (χ2v) is 6.15. The van der Waals surface area contributed by atoms with Gasteiger partial charge in [-0.2, -0.15) is 0 Å². The van der Waals surface area contributed by atoms with Gasteiger partial charge < -0.3 is 5.73 Å². The van der Waals surface area contributed by atoms with Crippen LogP contribution in [0.15, 0.2) is 22.7 Å². The fourth-order valence-corrected chi connectivity index (χ4v) is 3.17. The van der Waals surface area contributed by atoms with E-state index in [0.29, 0.717) is 11.0 Å². The Labute approximate surface area is 114 Å². The van der Waals surface area contributed by atoms with E-state index in [2.05, 4.69) is 53.0 Å². The van der Waals surface area contributed by atoms with Crippen molar-refractivity contribution in [3.05, 3.63) is 44.4 Å². The van der Waals surface area contributed by atoms with Gasteiger partial charge in [0.1, 0.15) is 0 Å². The Bertz CT molecular complexity index is 548. The molecule has 0 bridgehead atoms. The third kappa shape index (κ3) is 2.53. The van der Waals surface area contributed by atoms with Crippen molar-refractivity contribution in [1.82, 2.24) is 4.98 Å². The van der Waals surface area contributed by atoms with Gasteiger partial charge in [-0.1, -0.05) is 35.0 Å². The Balaban J connectivity index is 2.40. The van der Waals surface area contributed by atoms with Crippen LogP contribution in [0, 0.1) is 13.8 Å². The topological polar surface area (TPSA) is 38.9 Å². The molecule has 1 heterocycles. The minimum atomic E-state index is 0.335. The second-order valence-electron chi connectivity index (χ2n) is 4.23. The van der Waals surface area contributed by atoms with Crippen LogP contribution in [0.25, 0.3) is 0 Å². The van der Waals surface area contributed by atoms with E-state index in [0.717, 1.165) is 10.2 Å². The smallest absolute Gasteiger partial charge is 0.180 e. The number of thiazole rings is 1. The van der Waals surface area contributed by atoms with E-state index in [-0.39, 0.29) is 0 Å². The highest BCUT2D eigenvalue weighted by atomic mass is 79.9. The lowest BCUT2D eigenvalue weighted by Gasteiger charge is -2.12. The molecule has 0 saturated carbocycles. The number of halogens is 1. The van der Waals surface area contributed by atoms with E-state index in [4.69, 9.17) is 5.73 Å². The molecular formula is C13H15BrN2S. The Morgan fingerprint density at radius 1 is 1.35 bits per heavy atom. The maximum absolute atomic E-state index is 5.75. The van der Waals surface area contributed by atoms with E-state index in [9.17, 15) is 0 Å². The lowest BCUT2D eigenvalue weighted by atomic mass is 9.98. The van der Waals surface area contributed by atoms with E-state index in [1.165, 1.54) is 16.0 Å². The lowest BCUT2D eigenvalue weighted by molar-refractivity contribution is 0.924. The molecule has 1 atom stereocenters. The molecular weight excluding hydrogens is 296 g/mol. The van der Waals surface area contributed by atoms with Crippen molar-refractivity contribution in [3.8, 4) is 0 Å². The van der Waals surface area contributed by atoms with E-state index < -0.39 is 0 Å². The fraction of sp³-hybridized carbons (Fsp3) is 0.308. The molecule has 0 amide bonds. The lowest BCUT2D eigenvalue weighted by Crippen LogP contribution is -1.96. The summed E-state index contributed by atoms with van der Waals surface area (Å²) in [5.41, 5.74) is 9.32. The molecule has 90 valence electrons. The number of hydrogen-bond donors (Lipinski definition) is 1. The summed E-state index contributed by atoms with van der Waals surface area (Å²) >= 11 is 5.15. The number of anilines is 1. The third-order valence-electron chi connectivity index (χ3n) is 2.94. The Morgan fingerprint density at radius 2 is 2.06 bits per heavy atom. The molecule has 2 nitrogen and oxygen atoms in total. The summed E-state index contributed by atoms with van der Waals surface area (Å²) in [7, 11) is 0. The van der Waals surface area contributed by atoms with Gasteiger partial charge in [0, 0.05) is 15.3 Å². The first-order valence-corrected chi connectivity index (χ1v) is 7.09. The molecule has 0 aliphatic rings. The molecule has 0 fully saturated rings. The van der Waals surface area contributed by atoms with Gasteiger partial charge in [0.15, 0.2) is 5.13 Å². The molecule has 0 aliphatic heterocycles. The molecule has 1 aromatic heterocycles. The zero-order valence-electron chi connectivity index (χ0n) is 10.1. The van der Waals surface area contributed by atoms with Crippen molar-refractivity contribution in [2.45, 2.75) is 26.7 Å². The van der Waals surface area contributed by atoms with E-state index in [1.807, 2.05) is 6.92 Å². The maximum Gasteiger partial charge on any atom is 0.180 e. The summed E-state index contributed by atoms with van der Waals surface area (Å²) in [6.07, 6.45) is 0. The van der Waals surface area contributed by atoms with Crippen LogP contribution in [0.2, 0.25) is 0 Å². The summed E-state index contributed by atoms with van der Waals surface area (Å²) in [6, 6.07) is 6.48. The largest absolute Gasteiger partial charge is 0.375 e. The summed E-state index contributed by atoms with van der Waals surface area (Å²) in [6.45, 7) is 6.30. The molecule has 1 unspecified atom stereocenters. The number of benzene rings is 1. The molecule has 4 heteroatoms. The molecule has 0 aliphatic carbocycles. The Hall–Kier alpha value is -0.870. The van der Waals surface area contributed by atoms with Crippen LogP contribution in [-0.2, 0) is 0 Å². The summed E-state index contributed by atoms with van der Waals surface area (Å²) in [5.74, 6) is 0.335. The highest BCUT2D eigenvalue weighted by molar-refractivity contribution is 9.10. The summed E-state index contributed by atoms with van der Waals surface area (Å²) < 4.78 is 1.15. The van der Waals surface area contributed by atoms with Gasteiger partial charge in [-0.05, 0) is 31.0 Å². The van der Waals surface area contributed by atoms with Gasteiger partial charge in [-0.15, -0.1) is 11.3 Å². The van der Waals surface area contributed by atoms with Gasteiger partial charge in [-0.3, -0.25) is 0 Å². The van der Waals surface area contributed by atoms with Crippen LogP contribution in [0.4, 0.5) is 5.13 Å². The zero-order valence-corrected chi connectivity index (χ0v) is 12.5. The van der Waals surface area contributed by atoms with Gasteiger partial charge in [0.2, 0.25) is 0 Å². The summed E-state index contributed by atoms with van der Waals surface area (Å²) in [5, 5.41) is 0.649. The predicted molar refractivity (Wildman–Crippen MR) is 77.7 cm³/mol. The van der Waals surface area contributed by atoms with Crippen molar-refractivity contribution in [3.63, 3.8) is 0 Å². The van der Waals surface area contributed by atoms with Crippen LogP contribution >= 0.6 is 27.3 Å². The van der Waals surface area contributed by atoms with Crippen LogP contribution < -0.4 is 5.73 Å². The monoisotopic (exact) mass is 310 g/mol. The number of aromatic nitrogens is 1. The molecule has 2 rings (SSSR count). The van der Waals surface area contributed by atoms with Crippen LogP contribution in [0.3, 0.4) is 0 Å². The molecule has 0 spiro atoms. The van der Waals surface area contributed by atoms with Crippen LogP contribution in [0.5, 0.6) is 0 Å². The molecule has 0 radical (unpaired) electrons. The molecule has 2 aromatic rings. The van der Waals surface area contributed by atoms with Gasteiger partial charge in [0.05, 0.1) is 5.69 Å². The first-order chi connectivity index (χ1) is 7.99. The second kappa shape index (κ2) is 4.78. The average molecular weight is 311 g/mol. The number of nitrogen functional groups attached to an aromatic ring is 1. The van der Waals surface area contributed by atoms with Crippen LogP contribution in [-0.4, -0.2) is 4.98 Å². The molecule has 2 N–H and O–H groups in total. The summed E-state index contributed by atoms with van der Waals surface area (Å²) in [4.78, 5) is 5.53. The number of hydrogen-bond acceptors (Lipinski definition) is 3. The minimum Gasteiger partial charge on any atom is -0.375 e. The number of nitrogens with zero attached hydrogens (tertiary/aromatic N) is 1. The molecule has 17 heavy (non-hydrogen) atoms. The molecule has 0 saturated heterocycles. The van der Waals surface area contributed by atoms with Crippen molar-refractivity contribution in [2.75, 3.05) is 5.73 Å². The maximum atomic E-state index is 5.75. The van der Waals surface area contributed by atoms with Crippen molar-refractivity contribution in [1.29, 1.82) is 0 Å². The number of nitrogens with two attached hydrogens (primary N) is 1. The number of rotatable bonds is 2. The quantitative estimate of drug-likeness (QED) is 0.900. The van der Waals surface area contributed by atoms with E-state index >= 15 is 0 Å². The van der Waals surface area contributed by atoms with Crippen LogP contribution in [0.1, 0.15) is 34.5 Å². The molecule has 1 aromatic carbocycles. The SMILES string of the molecule is Cc1ccc(C(C)c2sc(N)nc2C)cc1Br. The average Bonchev–Trinajstić information content (AvgIpc) is 2.61. The fourth-order valence-electron chi connectivity index (χ4n) is 1.86. The van der Waals surface area contributed by atoms with Gasteiger partial charge >= 0.3 is 0 Å². The van der Waals surface area contributed by atoms with Crippen molar-refractivity contribution >= 4 is 32.4 Å². The van der Waals surface area contributed by atoms with Gasteiger partial charge in [-0.25, -0.2) is 4.98 Å². The van der Waals surface area contributed by atoms with Gasteiger partial charge in [0.25, 0.3) is 0 Å². The first kappa shape index (κ1) is 12.6. The zero-order chi connectivity index (χ0) is 12.6. The Morgan fingerprint density at radius 3 is 2.59 bits per heavy atom. The standard InChI is InChI=1S/C13H15BrN2S/c1-7-4-5-10(6-11(7)14)8(2)12-9(3)16-13(15)17-12/h4-6,8H,1-3H3,(H2,15,16). The number of aryl methyl sites for hydroxylation is 2. The predicted octanol–water partition coefficient (Wildman–Crippen LogP) is 4.26. The first-order valence-electron chi connectivity index (χ1n) is 5.48. The minimum absolute atomic E-state index is 0.335. The third-order valence-corrected chi connectivity index (χ3v) is 4.96. The van der Waals surface area contributed by atoms with Crippen molar-refractivity contribution < 1.29 is 0 Å². The normalized spacial score (nSPS) is 12.7. The Kier molecular flexibility index (Phi) is 3.54. The highest BCUT2D eigenvalue weighted by Gasteiger charge is 2.15.